The van der Waals surface area contributed by atoms with Crippen molar-refractivity contribution in [2.24, 2.45) is 5.92 Å². The molecule has 0 atom stereocenters. The summed E-state index contributed by atoms with van der Waals surface area (Å²) in [5.41, 5.74) is 1.21. The third-order valence-electron chi connectivity index (χ3n) is 3.82. The number of aromatic nitrogens is 1. The molecular weight excluding hydrogens is 228 g/mol. The molecule has 0 aliphatic heterocycles. The lowest BCUT2D eigenvalue weighted by Crippen LogP contribution is -2.36. The highest BCUT2D eigenvalue weighted by Gasteiger charge is 2.27. The molecule has 1 aromatic rings. The van der Waals surface area contributed by atoms with Crippen molar-refractivity contribution in [1.29, 1.82) is 0 Å². The highest BCUT2D eigenvalue weighted by molar-refractivity contribution is 5.70. The minimum atomic E-state index is -0.636. The number of carboxylic acid groups (broad SMARTS) is 1. The van der Waals surface area contributed by atoms with E-state index in [0.29, 0.717) is 6.04 Å². The first-order chi connectivity index (χ1) is 8.66. The average Bonchev–Trinajstić information content (AvgIpc) is 2.40. The van der Waals surface area contributed by atoms with Gasteiger partial charge in [0.05, 0.1) is 5.92 Å². The number of nitrogens with zero attached hydrogens (tertiary/aromatic N) is 2. The molecule has 1 aliphatic rings. The zero-order valence-electron chi connectivity index (χ0n) is 10.7. The van der Waals surface area contributed by atoms with Gasteiger partial charge in [0.25, 0.3) is 0 Å². The monoisotopic (exact) mass is 248 g/mol. The topological polar surface area (TPSA) is 53.4 Å². The van der Waals surface area contributed by atoms with Crippen molar-refractivity contribution in [3.8, 4) is 0 Å². The third-order valence-corrected chi connectivity index (χ3v) is 3.82. The molecule has 0 radical (unpaired) electrons. The summed E-state index contributed by atoms with van der Waals surface area (Å²) in [7, 11) is 2.11. The van der Waals surface area contributed by atoms with E-state index in [1.54, 1.807) is 6.20 Å². The Bertz CT molecular complexity index is 386. The van der Waals surface area contributed by atoms with E-state index < -0.39 is 5.97 Å². The van der Waals surface area contributed by atoms with Crippen molar-refractivity contribution < 1.29 is 9.90 Å². The molecule has 18 heavy (non-hydrogen) atoms. The van der Waals surface area contributed by atoms with E-state index in [9.17, 15) is 4.79 Å². The first-order valence-corrected chi connectivity index (χ1v) is 6.49. The van der Waals surface area contributed by atoms with Gasteiger partial charge >= 0.3 is 5.97 Å². The largest absolute Gasteiger partial charge is 0.481 e. The maximum Gasteiger partial charge on any atom is 0.306 e. The van der Waals surface area contributed by atoms with Crippen LogP contribution in [-0.2, 0) is 11.3 Å². The maximum absolute atomic E-state index is 10.9. The molecule has 1 N–H and O–H groups in total. The van der Waals surface area contributed by atoms with Gasteiger partial charge in [-0.2, -0.15) is 0 Å². The standard InChI is InChI=1S/C14H20N2O2/c1-16(10-11-3-2-8-15-9-11)13-6-4-12(5-7-13)14(17)18/h2-3,8-9,12-13H,4-7,10H2,1H3,(H,17,18). The van der Waals surface area contributed by atoms with Crippen LogP contribution in [0.2, 0.25) is 0 Å². The molecule has 4 nitrogen and oxygen atoms in total. The molecule has 1 saturated carbocycles. The van der Waals surface area contributed by atoms with Crippen LogP contribution in [0.5, 0.6) is 0 Å². The lowest BCUT2D eigenvalue weighted by molar-refractivity contribution is -0.143. The Morgan fingerprint density at radius 3 is 2.72 bits per heavy atom. The van der Waals surface area contributed by atoms with Crippen molar-refractivity contribution in [2.75, 3.05) is 7.05 Å². The van der Waals surface area contributed by atoms with Crippen LogP contribution >= 0.6 is 0 Å². The molecule has 0 amide bonds. The predicted molar refractivity (Wildman–Crippen MR) is 69.1 cm³/mol. The van der Waals surface area contributed by atoms with Gasteiger partial charge in [-0.3, -0.25) is 14.7 Å². The van der Waals surface area contributed by atoms with Crippen molar-refractivity contribution in [3.63, 3.8) is 0 Å². The van der Waals surface area contributed by atoms with Crippen LogP contribution in [0, 0.1) is 5.92 Å². The molecule has 4 heteroatoms. The second-order valence-corrected chi connectivity index (χ2v) is 5.12. The molecule has 98 valence electrons. The van der Waals surface area contributed by atoms with Crippen molar-refractivity contribution in [1.82, 2.24) is 9.88 Å². The summed E-state index contributed by atoms with van der Waals surface area (Å²) in [5.74, 6) is -0.767. The van der Waals surface area contributed by atoms with Gasteiger partial charge in [0.2, 0.25) is 0 Å². The van der Waals surface area contributed by atoms with E-state index in [1.807, 2.05) is 12.3 Å². The second kappa shape index (κ2) is 5.96. The molecule has 1 heterocycles. The summed E-state index contributed by atoms with van der Waals surface area (Å²) >= 11 is 0. The average molecular weight is 248 g/mol. The number of hydrogen-bond acceptors (Lipinski definition) is 3. The van der Waals surface area contributed by atoms with Crippen LogP contribution in [0.25, 0.3) is 0 Å². The van der Waals surface area contributed by atoms with E-state index in [4.69, 9.17) is 5.11 Å². The lowest BCUT2D eigenvalue weighted by atomic mass is 9.85. The van der Waals surface area contributed by atoms with Crippen LogP contribution in [0.15, 0.2) is 24.5 Å². The number of rotatable bonds is 4. The van der Waals surface area contributed by atoms with E-state index in [2.05, 4.69) is 23.0 Å². The molecule has 0 bridgehead atoms. The summed E-state index contributed by atoms with van der Waals surface area (Å²) in [6.45, 7) is 0.885. The van der Waals surface area contributed by atoms with Crippen molar-refractivity contribution in [3.05, 3.63) is 30.1 Å². The quantitative estimate of drug-likeness (QED) is 0.887. The summed E-state index contributed by atoms with van der Waals surface area (Å²) < 4.78 is 0. The van der Waals surface area contributed by atoms with E-state index >= 15 is 0 Å². The Labute approximate surface area is 108 Å². The maximum atomic E-state index is 10.9. The number of carbonyl (C=O) groups is 1. The summed E-state index contributed by atoms with van der Waals surface area (Å²) in [6.07, 6.45) is 7.23. The van der Waals surface area contributed by atoms with Gasteiger partial charge in [0.1, 0.15) is 0 Å². The Morgan fingerprint density at radius 1 is 1.44 bits per heavy atom. The van der Waals surface area contributed by atoms with Gasteiger partial charge in [0.15, 0.2) is 0 Å². The van der Waals surface area contributed by atoms with Gasteiger partial charge in [-0.25, -0.2) is 0 Å². The van der Waals surface area contributed by atoms with E-state index in [1.165, 1.54) is 5.56 Å². The van der Waals surface area contributed by atoms with E-state index in [-0.39, 0.29) is 5.92 Å². The normalized spacial score (nSPS) is 24.1. The molecule has 1 aromatic heterocycles. The highest BCUT2D eigenvalue weighted by atomic mass is 16.4. The van der Waals surface area contributed by atoms with Gasteiger partial charge in [0, 0.05) is 25.0 Å². The zero-order chi connectivity index (χ0) is 13.0. The second-order valence-electron chi connectivity index (χ2n) is 5.12. The first-order valence-electron chi connectivity index (χ1n) is 6.49. The van der Waals surface area contributed by atoms with Crippen LogP contribution in [0.4, 0.5) is 0 Å². The SMILES string of the molecule is CN(Cc1cccnc1)C1CCC(C(=O)O)CC1. The molecule has 0 saturated heterocycles. The Hall–Kier alpha value is -1.42. The van der Waals surface area contributed by atoms with Crippen molar-refractivity contribution >= 4 is 5.97 Å². The minimum Gasteiger partial charge on any atom is -0.481 e. The number of aliphatic carboxylic acids is 1. The molecule has 0 aromatic carbocycles. The fraction of sp³-hybridized carbons (Fsp3) is 0.571. The fourth-order valence-corrected chi connectivity index (χ4v) is 2.67. The predicted octanol–water partition coefficient (Wildman–Crippen LogP) is 2.16. The number of hydrogen-bond donors (Lipinski definition) is 1. The van der Waals surface area contributed by atoms with E-state index in [0.717, 1.165) is 32.2 Å². The Morgan fingerprint density at radius 2 is 2.17 bits per heavy atom. The molecular formula is C14H20N2O2. The lowest BCUT2D eigenvalue weighted by Gasteiger charge is -2.33. The molecule has 2 rings (SSSR count). The molecule has 1 aliphatic carbocycles. The number of carboxylic acids is 1. The van der Waals surface area contributed by atoms with Crippen molar-refractivity contribution in [2.45, 2.75) is 38.3 Å². The first kappa shape index (κ1) is 13.0. The number of pyridine rings is 1. The Balaban J connectivity index is 1.84. The summed E-state index contributed by atoms with van der Waals surface area (Å²) in [5, 5.41) is 8.98. The van der Waals surface area contributed by atoms with Crippen LogP contribution in [-0.4, -0.2) is 34.0 Å². The highest BCUT2D eigenvalue weighted by Crippen LogP contribution is 2.27. The van der Waals surface area contributed by atoms with Gasteiger partial charge < -0.3 is 5.11 Å². The third kappa shape index (κ3) is 3.29. The minimum absolute atomic E-state index is 0.131. The van der Waals surface area contributed by atoms with Gasteiger partial charge in [-0.05, 0) is 44.4 Å². The zero-order valence-corrected chi connectivity index (χ0v) is 10.7. The van der Waals surface area contributed by atoms with Gasteiger partial charge in [-0.1, -0.05) is 6.07 Å². The van der Waals surface area contributed by atoms with Crippen LogP contribution in [0.3, 0.4) is 0 Å². The molecule has 0 unspecified atom stereocenters. The summed E-state index contributed by atoms with van der Waals surface area (Å²) in [6, 6.07) is 4.53. The van der Waals surface area contributed by atoms with Crippen LogP contribution in [0.1, 0.15) is 31.2 Å². The smallest absolute Gasteiger partial charge is 0.306 e. The van der Waals surface area contributed by atoms with Crippen LogP contribution < -0.4 is 0 Å². The molecule has 0 spiro atoms. The Kier molecular flexibility index (Phi) is 4.31. The molecule has 1 fully saturated rings. The summed E-state index contributed by atoms with van der Waals surface area (Å²) in [4.78, 5) is 17.3. The fourth-order valence-electron chi connectivity index (χ4n) is 2.67. The van der Waals surface area contributed by atoms with Gasteiger partial charge in [-0.15, -0.1) is 0 Å².